The lowest BCUT2D eigenvalue weighted by Crippen LogP contribution is -2.35. The largest absolute Gasteiger partial charge is 0.333 e. The molecule has 1 aliphatic rings. The van der Waals surface area contributed by atoms with E-state index in [-0.39, 0.29) is 11.7 Å². The standard InChI is InChI=1S/C21H19FN2O3S2/c22-18-4-1-3-15(11-18)14-29(26,27)23-19-7-6-16-8-9-24(13-17(16)12-19)21(25)20-5-2-10-28-20/h1-7,10-12,23H,8-9,13-14H2. The van der Waals surface area contributed by atoms with Crippen LogP contribution in [-0.2, 0) is 28.7 Å². The molecule has 150 valence electrons. The van der Waals surface area contributed by atoms with Gasteiger partial charge < -0.3 is 4.90 Å². The quantitative estimate of drug-likeness (QED) is 0.665. The third kappa shape index (κ3) is 4.65. The summed E-state index contributed by atoms with van der Waals surface area (Å²) >= 11 is 1.41. The number of anilines is 1. The van der Waals surface area contributed by atoms with Crippen molar-refractivity contribution >= 4 is 33.0 Å². The van der Waals surface area contributed by atoms with Crippen LogP contribution in [0.15, 0.2) is 60.0 Å². The highest BCUT2D eigenvalue weighted by Crippen LogP contribution is 2.25. The summed E-state index contributed by atoms with van der Waals surface area (Å²) in [6.07, 6.45) is 0.725. The fourth-order valence-corrected chi connectivity index (χ4v) is 5.28. The van der Waals surface area contributed by atoms with E-state index in [0.29, 0.717) is 29.2 Å². The van der Waals surface area contributed by atoms with Gasteiger partial charge >= 0.3 is 0 Å². The van der Waals surface area contributed by atoms with Crippen LogP contribution in [0, 0.1) is 5.82 Å². The van der Waals surface area contributed by atoms with Crippen LogP contribution in [0.3, 0.4) is 0 Å². The van der Waals surface area contributed by atoms with Crippen LogP contribution < -0.4 is 4.72 Å². The molecule has 0 atom stereocenters. The van der Waals surface area contributed by atoms with Gasteiger partial charge in [-0.15, -0.1) is 11.3 Å². The predicted molar refractivity (Wildman–Crippen MR) is 112 cm³/mol. The highest BCUT2D eigenvalue weighted by Gasteiger charge is 2.23. The minimum absolute atomic E-state index is 0.0114. The molecule has 29 heavy (non-hydrogen) atoms. The molecule has 1 aliphatic heterocycles. The van der Waals surface area contributed by atoms with Crippen molar-refractivity contribution in [2.45, 2.75) is 18.7 Å². The Morgan fingerprint density at radius 2 is 1.97 bits per heavy atom. The van der Waals surface area contributed by atoms with Gasteiger partial charge in [-0.1, -0.05) is 24.3 Å². The number of amides is 1. The lowest BCUT2D eigenvalue weighted by atomic mass is 9.99. The molecule has 1 amide bonds. The molecule has 0 spiro atoms. The Morgan fingerprint density at radius 1 is 1.10 bits per heavy atom. The fourth-order valence-electron chi connectivity index (χ4n) is 3.41. The van der Waals surface area contributed by atoms with Crippen molar-refractivity contribution in [2.24, 2.45) is 0 Å². The Hall–Kier alpha value is -2.71. The van der Waals surface area contributed by atoms with E-state index >= 15 is 0 Å². The normalized spacial score (nSPS) is 13.8. The zero-order valence-electron chi connectivity index (χ0n) is 15.5. The summed E-state index contributed by atoms with van der Waals surface area (Å²) in [6, 6.07) is 14.6. The number of hydrogen-bond donors (Lipinski definition) is 1. The second-order valence-electron chi connectivity index (χ2n) is 6.93. The van der Waals surface area contributed by atoms with E-state index in [4.69, 9.17) is 0 Å². The summed E-state index contributed by atoms with van der Waals surface area (Å²) in [5.41, 5.74) is 2.84. The van der Waals surface area contributed by atoms with E-state index in [0.717, 1.165) is 17.5 Å². The predicted octanol–water partition coefficient (Wildman–Crippen LogP) is 4.03. The molecular formula is C21H19FN2O3S2. The van der Waals surface area contributed by atoms with Crippen LogP contribution in [0.1, 0.15) is 26.4 Å². The Labute approximate surface area is 172 Å². The monoisotopic (exact) mass is 430 g/mol. The Bertz CT molecular complexity index is 1140. The van der Waals surface area contributed by atoms with E-state index < -0.39 is 15.8 Å². The molecule has 5 nitrogen and oxygen atoms in total. The number of hydrogen-bond acceptors (Lipinski definition) is 4. The van der Waals surface area contributed by atoms with Crippen LogP contribution in [0.25, 0.3) is 0 Å². The van der Waals surface area contributed by atoms with Crippen LogP contribution in [0.2, 0.25) is 0 Å². The van der Waals surface area contributed by atoms with Crippen molar-refractivity contribution in [3.8, 4) is 0 Å². The van der Waals surface area contributed by atoms with Gasteiger partial charge in [0.05, 0.1) is 10.6 Å². The Morgan fingerprint density at radius 3 is 2.72 bits per heavy atom. The van der Waals surface area contributed by atoms with Gasteiger partial charge in [0.2, 0.25) is 10.0 Å². The number of nitrogens with one attached hydrogen (secondary N) is 1. The minimum Gasteiger partial charge on any atom is -0.333 e. The first-order chi connectivity index (χ1) is 13.9. The van der Waals surface area contributed by atoms with Crippen molar-refractivity contribution < 1.29 is 17.6 Å². The summed E-state index contributed by atoms with van der Waals surface area (Å²) in [7, 11) is -3.69. The molecule has 0 radical (unpaired) electrons. The lowest BCUT2D eigenvalue weighted by molar-refractivity contribution is 0.0739. The van der Waals surface area contributed by atoms with Gasteiger partial charge in [0.1, 0.15) is 5.82 Å². The van der Waals surface area contributed by atoms with Crippen LogP contribution in [0.4, 0.5) is 10.1 Å². The summed E-state index contributed by atoms with van der Waals surface area (Å²) in [4.78, 5) is 15.1. The van der Waals surface area contributed by atoms with Gasteiger partial charge in [-0.2, -0.15) is 0 Å². The lowest BCUT2D eigenvalue weighted by Gasteiger charge is -2.29. The summed E-state index contributed by atoms with van der Waals surface area (Å²) in [5.74, 6) is -0.796. The average Bonchev–Trinajstić information content (AvgIpc) is 3.21. The summed E-state index contributed by atoms with van der Waals surface area (Å²) in [5, 5.41) is 1.87. The van der Waals surface area contributed by atoms with Gasteiger partial charge in [0.15, 0.2) is 0 Å². The molecule has 0 saturated heterocycles. The maximum atomic E-state index is 13.3. The number of rotatable bonds is 5. The van der Waals surface area contributed by atoms with Gasteiger partial charge in [0.25, 0.3) is 5.91 Å². The number of halogens is 1. The Kier molecular flexibility index (Phi) is 5.38. The molecule has 1 aromatic heterocycles. The molecule has 0 aliphatic carbocycles. The number of fused-ring (bicyclic) bond motifs is 1. The first kappa shape index (κ1) is 19.6. The molecule has 8 heteroatoms. The third-order valence-electron chi connectivity index (χ3n) is 4.76. The van der Waals surface area contributed by atoms with Gasteiger partial charge in [-0.3, -0.25) is 9.52 Å². The van der Waals surface area contributed by atoms with Gasteiger partial charge in [0, 0.05) is 18.8 Å². The number of nitrogens with zero attached hydrogens (tertiary/aromatic N) is 1. The van der Waals surface area contributed by atoms with E-state index in [9.17, 15) is 17.6 Å². The van der Waals surface area contributed by atoms with Crippen molar-refractivity contribution in [2.75, 3.05) is 11.3 Å². The smallest absolute Gasteiger partial charge is 0.264 e. The molecule has 0 saturated carbocycles. The summed E-state index contributed by atoms with van der Waals surface area (Å²) in [6.45, 7) is 1.07. The minimum atomic E-state index is -3.69. The number of carbonyl (C=O) groups is 1. The average molecular weight is 431 g/mol. The molecule has 1 N–H and O–H groups in total. The molecule has 2 heterocycles. The van der Waals surface area contributed by atoms with Gasteiger partial charge in [-0.25, -0.2) is 12.8 Å². The van der Waals surface area contributed by atoms with Crippen molar-refractivity contribution in [1.82, 2.24) is 4.90 Å². The molecule has 0 bridgehead atoms. The Balaban J connectivity index is 1.49. The second kappa shape index (κ2) is 7.96. The number of thiophene rings is 1. The molecule has 0 fully saturated rings. The second-order valence-corrected chi connectivity index (χ2v) is 9.60. The van der Waals surface area contributed by atoms with Crippen LogP contribution in [0.5, 0.6) is 0 Å². The molecule has 4 rings (SSSR count). The topological polar surface area (TPSA) is 66.5 Å². The van der Waals surface area contributed by atoms with Crippen LogP contribution in [-0.4, -0.2) is 25.8 Å². The van der Waals surface area contributed by atoms with Crippen LogP contribution >= 0.6 is 11.3 Å². The summed E-state index contributed by atoms with van der Waals surface area (Å²) < 4.78 is 40.8. The highest BCUT2D eigenvalue weighted by atomic mass is 32.2. The number of sulfonamides is 1. The van der Waals surface area contributed by atoms with E-state index in [2.05, 4.69) is 4.72 Å². The van der Waals surface area contributed by atoms with Crippen molar-refractivity contribution in [3.63, 3.8) is 0 Å². The van der Waals surface area contributed by atoms with E-state index in [1.165, 1.54) is 29.5 Å². The van der Waals surface area contributed by atoms with Crippen molar-refractivity contribution in [3.05, 3.63) is 87.4 Å². The van der Waals surface area contributed by atoms with E-state index in [1.807, 2.05) is 17.5 Å². The van der Waals surface area contributed by atoms with Gasteiger partial charge in [-0.05, 0) is 58.8 Å². The molecule has 0 unspecified atom stereocenters. The van der Waals surface area contributed by atoms with Crippen molar-refractivity contribution in [1.29, 1.82) is 0 Å². The first-order valence-electron chi connectivity index (χ1n) is 9.09. The molecule has 2 aromatic carbocycles. The zero-order chi connectivity index (χ0) is 20.4. The number of carbonyl (C=O) groups excluding carboxylic acids is 1. The fraction of sp³-hybridized carbons (Fsp3) is 0.190. The number of benzene rings is 2. The zero-order valence-corrected chi connectivity index (χ0v) is 17.1. The van der Waals surface area contributed by atoms with E-state index in [1.54, 1.807) is 29.2 Å². The highest BCUT2D eigenvalue weighted by molar-refractivity contribution is 7.91. The SMILES string of the molecule is O=C(c1cccs1)N1CCc2ccc(NS(=O)(=O)Cc3cccc(F)c3)cc2C1. The molecule has 3 aromatic rings. The maximum Gasteiger partial charge on any atom is 0.264 e. The third-order valence-corrected chi connectivity index (χ3v) is 6.87. The molecular weight excluding hydrogens is 411 g/mol. The first-order valence-corrected chi connectivity index (χ1v) is 11.6. The maximum absolute atomic E-state index is 13.3.